The number of amides is 3. The fourth-order valence-electron chi connectivity index (χ4n) is 5.08. The van der Waals surface area contributed by atoms with Crippen molar-refractivity contribution < 1.29 is 19.1 Å². The van der Waals surface area contributed by atoms with Crippen LogP contribution in [0.15, 0.2) is 36.7 Å². The maximum atomic E-state index is 13.8. The van der Waals surface area contributed by atoms with Crippen molar-refractivity contribution in [1.82, 2.24) is 14.8 Å². The maximum absolute atomic E-state index is 13.8. The van der Waals surface area contributed by atoms with Crippen molar-refractivity contribution in [1.29, 1.82) is 0 Å². The van der Waals surface area contributed by atoms with Crippen LogP contribution < -0.4 is 14.4 Å². The van der Waals surface area contributed by atoms with Gasteiger partial charge in [-0.05, 0) is 30.8 Å². The van der Waals surface area contributed by atoms with Crippen molar-refractivity contribution in [2.24, 2.45) is 0 Å². The molecule has 1 aromatic heterocycles. The quantitative estimate of drug-likeness (QED) is 0.740. The molecule has 4 heterocycles. The van der Waals surface area contributed by atoms with Gasteiger partial charge in [-0.25, -0.2) is 9.69 Å². The van der Waals surface area contributed by atoms with Crippen molar-refractivity contribution in [3.05, 3.63) is 47.8 Å². The van der Waals surface area contributed by atoms with Gasteiger partial charge in [-0.2, -0.15) is 0 Å². The van der Waals surface area contributed by atoms with Gasteiger partial charge in [-0.15, -0.1) is 0 Å². The van der Waals surface area contributed by atoms with E-state index in [1.807, 2.05) is 19.2 Å². The van der Waals surface area contributed by atoms with Crippen molar-refractivity contribution >= 4 is 17.6 Å². The summed E-state index contributed by atoms with van der Waals surface area (Å²) in [6.45, 7) is 1.46. The van der Waals surface area contributed by atoms with Crippen LogP contribution in [-0.4, -0.2) is 66.6 Å². The fourth-order valence-corrected chi connectivity index (χ4v) is 5.08. The molecular formula is C21H22N4O4. The lowest BCUT2D eigenvalue weighted by molar-refractivity contribution is -0.125. The van der Waals surface area contributed by atoms with Crippen LogP contribution in [0.2, 0.25) is 0 Å². The molecule has 2 saturated heterocycles. The van der Waals surface area contributed by atoms with Gasteiger partial charge in [0.05, 0.1) is 32.6 Å². The average molecular weight is 394 g/mol. The summed E-state index contributed by atoms with van der Waals surface area (Å²) >= 11 is 0. The Morgan fingerprint density at radius 1 is 1.21 bits per heavy atom. The highest BCUT2D eigenvalue weighted by molar-refractivity contribution is 6.24. The van der Waals surface area contributed by atoms with Crippen LogP contribution in [0.1, 0.15) is 17.0 Å². The molecule has 3 amide bonds. The molecular weight excluding hydrogens is 372 g/mol. The Labute approximate surface area is 168 Å². The molecule has 2 aromatic rings. The van der Waals surface area contributed by atoms with Gasteiger partial charge >= 0.3 is 6.03 Å². The molecule has 8 nitrogen and oxygen atoms in total. The van der Waals surface area contributed by atoms with Gasteiger partial charge in [0.2, 0.25) is 0 Å². The lowest BCUT2D eigenvalue weighted by atomic mass is 9.75. The zero-order valence-electron chi connectivity index (χ0n) is 16.6. The maximum Gasteiger partial charge on any atom is 0.332 e. The Morgan fingerprint density at radius 3 is 2.72 bits per heavy atom. The van der Waals surface area contributed by atoms with Crippen molar-refractivity contribution in [3.63, 3.8) is 0 Å². The Morgan fingerprint density at radius 2 is 2.03 bits per heavy atom. The SMILES string of the molecule is COc1cc(OC)c2c(c1)[C@@H]1CN(C)C[C@@]13C(=O)N(c1cccnc1)C(=O)N3C2. The number of aromatic nitrogens is 1. The first-order valence-corrected chi connectivity index (χ1v) is 9.50. The molecule has 5 rings (SSSR count). The van der Waals surface area contributed by atoms with E-state index >= 15 is 0 Å². The third-order valence-electron chi connectivity index (χ3n) is 6.33. The molecule has 0 saturated carbocycles. The number of likely N-dealkylation sites (N-methyl/N-ethyl adjacent to an activating group) is 1. The Bertz CT molecular complexity index is 1010. The number of nitrogens with zero attached hydrogens (tertiary/aromatic N) is 4. The van der Waals surface area contributed by atoms with Gasteiger partial charge in [0.15, 0.2) is 0 Å². The van der Waals surface area contributed by atoms with E-state index in [1.54, 1.807) is 43.6 Å². The summed E-state index contributed by atoms with van der Waals surface area (Å²) in [5.74, 6) is 0.984. The number of carbonyl (C=O) groups is 2. The van der Waals surface area contributed by atoms with Crippen LogP contribution >= 0.6 is 0 Å². The van der Waals surface area contributed by atoms with Crippen LogP contribution in [0.25, 0.3) is 0 Å². The summed E-state index contributed by atoms with van der Waals surface area (Å²) in [7, 11) is 5.20. The molecule has 0 radical (unpaired) electrons. The molecule has 0 unspecified atom stereocenters. The van der Waals surface area contributed by atoms with E-state index < -0.39 is 5.54 Å². The third kappa shape index (κ3) is 2.26. The first kappa shape index (κ1) is 17.9. The van der Waals surface area contributed by atoms with E-state index in [1.165, 1.54) is 4.90 Å². The second-order valence-electron chi connectivity index (χ2n) is 7.79. The summed E-state index contributed by atoms with van der Waals surface area (Å²) in [5, 5.41) is 0. The molecule has 150 valence electrons. The molecule has 1 spiro atoms. The number of benzene rings is 1. The van der Waals surface area contributed by atoms with Crippen molar-refractivity contribution in [3.8, 4) is 11.5 Å². The number of urea groups is 1. The lowest BCUT2D eigenvalue weighted by Crippen LogP contribution is -2.57. The van der Waals surface area contributed by atoms with E-state index in [4.69, 9.17) is 9.47 Å². The summed E-state index contributed by atoms with van der Waals surface area (Å²) in [4.78, 5) is 36.4. The first-order valence-electron chi connectivity index (χ1n) is 9.50. The number of methoxy groups -OCH3 is 2. The number of likely N-dealkylation sites (tertiary alicyclic amines) is 1. The van der Waals surface area contributed by atoms with Crippen LogP contribution in [0.4, 0.5) is 10.5 Å². The second-order valence-corrected chi connectivity index (χ2v) is 7.79. The molecule has 29 heavy (non-hydrogen) atoms. The number of imide groups is 1. The number of anilines is 1. The molecule has 2 fully saturated rings. The third-order valence-corrected chi connectivity index (χ3v) is 6.33. The van der Waals surface area contributed by atoms with E-state index in [0.29, 0.717) is 36.8 Å². The minimum Gasteiger partial charge on any atom is -0.497 e. The predicted octanol–water partition coefficient (Wildman–Crippen LogP) is 1.85. The van der Waals surface area contributed by atoms with Gasteiger partial charge in [0.25, 0.3) is 5.91 Å². The van der Waals surface area contributed by atoms with E-state index in [-0.39, 0.29) is 17.9 Å². The second kappa shape index (κ2) is 6.18. The minimum atomic E-state index is -0.938. The number of rotatable bonds is 3. The minimum absolute atomic E-state index is 0.168. The zero-order chi connectivity index (χ0) is 20.3. The van der Waals surface area contributed by atoms with Crippen LogP contribution in [-0.2, 0) is 11.3 Å². The summed E-state index contributed by atoms with van der Waals surface area (Å²) < 4.78 is 11.1. The smallest absolute Gasteiger partial charge is 0.332 e. The topological polar surface area (TPSA) is 75.2 Å². The van der Waals surface area contributed by atoms with Crippen LogP contribution in [0.5, 0.6) is 11.5 Å². The van der Waals surface area contributed by atoms with Crippen LogP contribution in [0.3, 0.4) is 0 Å². The molecule has 0 bridgehead atoms. The molecule has 0 aliphatic carbocycles. The number of carbonyl (C=O) groups excluding carboxylic acids is 2. The highest BCUT2D eigenvalue weighted by Crippen LogP contribution is 2.53. The Balaban J connectivity index is 1.71. The van der Waals surface area contributed by atoms with Gasteiger partial charge in [-0.3, -0.25) is 9.78 Å². The van der Waals surface area contributed by atoms with Gasteiger partial charge in [0, 0.05) is 36.8 Å². The van der Waals surface area contributed by atoms with E-state index in [0.717, 1.165) is 11.1 Å². The molecule has 8 heteroatoms. The molecule has 2 atom stereocenters. The van der Waals surface area contributed by atoms with E-state index in [9.17, 15) is 9.59 Å². The molecule has 3 aliphatic rings. The summed E-state index contributed by atoms with van der Waals surface area (Å²) in [6.07, 6.45) is 3.18. The highest BCUT2D eigenvalue weighted by Gasteiger charge is 2.67. The number of hydrogen-bond donors (Lipinski definition) is 0. The standard InChI is InChI=1S/C21H22N4O4/c1-23-11-17-15-7-14(28-2)8-18(29-3)16(15)10-24-20(27)25(13-5-4-6-22-9-13)19(26)21(17,24)12-23/h4-9,17H,10-12H2,1-3H3/t17-,21-/m0/s1. The van der Waals surface area contributed by atoms with Crippen molar-refractivity contribution in [2.75, 3.05) is 39.3 Å². The number of hydrogen-bond acceptors (Lipinski definition) is 6. The summed E-state index contributed by atoms with van der Waals surface area (Å²) in [6, 6.07) is 6.96. The zero-order valence-corrected chi connectivity index (χ0v) is 16.6. The van der Waals surface area contributed by atoms with Gasteiger partial charge < -0.3 is 19.3 Å². The summed E-state index contributed by atoms with van der Waals surface area (Å²) in [5.41, 5.74) is 1.49. The highest BCUT2D eigenvalue weighted by atomic mass is 16.5. The molecule has 1 aromatic carbocycles. The largest absolute Gasteiger partial charge is 0.497 e. The van der Waals surface area contributed by atoms with Gasteiger partial charge in [-0.1, -0.05) is 0 Å². The average Bonchev–Trinajstić information content (AvgIpc) is 3.20. The number of fused-ring (bicyclic) bond motifs is 2. The molecule has 3 aliphatic heterocycles. The Kier molecular flexibility index (Phi) is 3.82. The predicted molar refractivity (Wildman–Crippen MR) is 105 cm³/mol. The number of pyridine rings is 1. The lowest BCUT2D eigenvalue weighted by Gasteiger charge is -2.42. The van der Waals surface area contributed by atoms with Gasteiger partial charge in [0.1, 0.15) is 17.0 Å². The molecule has 0 N–H and O–H groups in total. The first-order chi connectivity index (χ1) is 14.0. The van der Waals surface area contributed by atoms with E-state index in [2.05, 4.69) is 9.88 Å². The Hall–Kier alpha value is -3.13. The fraction of sp³-hybridized carbons (Fsp3) is 0.381. The van der Waals surface area contributed by atoms with Crippen LogP contribution in [0, 0.1) is 0 Å². The normalized spacial score (nSPS) is 25.7. The van der Waals surface area contributed by atoms with Crippen molar-refractivity contribution in [2.45, 2.75) is 18.0 Å². The monoisotopic (exact) mass is 394 g/mol. The number of ether oxygens (including phenoxy) is 2.